The molecule has 0 aromatic heterocycles. The summed E-state index contributed by atoms with van der Waals surface area (Å²) < 4.78 is 182. The van der Waals surface area contributed by atoms with E-state index >= 15 is 0 Å². The van der Waals surface area contributed by atoms with Crippen molar-refractivity contribution < 1.29 is 92.1 Å². The van der Waals surface area contributed by atoms with E-state index < -0.39 is 47.0 Å². The van der Waals surface area contributed by atoms with Gasteiger partial charge in [0, 0.05) is 22.3 Å². The topological polar surface area (TPSA) is 118 Å². The van der Waals surface area contributed by atoms with Gasteiger partial charge in [0.25, 0.3) is 0 Å². The molecule has 0 spiro atoms. The van der Waals surface area contributed by atoms with Crippen LogP contribution in [0, 0.1) is 83.1 Å². The van der Waals surface area contributed by atoms with Gasteiger partial charge in [-0.2, -0.15) is 52.7 Å². The van der Waals surface area contributed by atoms with E-state index in [2.05, 4.69) is 0 Å². The van der Waals surface area contributed by atoms with Crippen LogP contribution in [0.15, 0.2) is 121 Å². The fourth-order valence-corrected chi connectivity index (χ4v) is 15.3. The first kappa shape index (κ1) is 85.2. The molecule has 8 nitrogen and oxygen atoms in total. The van der Waals surface area contributed by atoms with Gasteiger partial charge in [-0.1, -0.05) is 100 Å². The van der Waals surface area contributed by atoms with Crippen LogP contribution >= 0.6 is 0 Å². The predicted molar refractivity (Wildman–Crippen MR) is 425 cm³/mol. The lowest BCUT2D eigenvalue weighted by atomic mass is 9.86. The van der Waals surface area contributed by atoms with E-state index in [4.69, 9.17) is 18.9 Å². The number of benzene rings is 12. The van der Waals surface area contributed by atoms with Crippen molar-refractivity contribution in [3.8, 4) is 90.5 Å². The minimum atomic E-state index is -4.40. The van der Waals surface area contributed by atoms with Crippen LogP contribution < -0.4 is 18.9 Å². The summed E-state index contributed by atoms with van der Waals surface area (Å²) >= 11 is 0. The van der Waals surface area contributed by atoms with E-state index in [1.54, 1.807) is 48.5 Å². The maximum atomic E-state index is 13.4. The molecule has 112 heavy (non-hydrogen) atoms. The van der Waals surface area contributed by atoms with E-state index in [-0.39, 0.29) is 45.3 Å². The molecule has 0 heterocycles. The van der Waals surface area contributed by atoms with Gasteiger partial charge in [0.1, 0.15) is 0 Å². The van der Waals surface area contributed by atoms with Crippen LogP contribution in [-0.2, 0) is 50.4 Å². The number of aryl methyl sites for hydroxylation is 16. The van der Waals surface area contributed by atoms with E-state index in [0.29, 0.717) is 93.2 Å². The quantitative estimate of drug-likeness (QED) is 0.0894. The molecule has 20 heteroatoms. The van der Waals surface area contributed by atoms with Crippen molar-refractivity contribution in [1.29, 1.82) is 0 Å². The number of phenols is 4. The second-order valence-electron chi connectivity index (χ2n) is 28.3. The number of phenolic OH excluding ortho intramolecular Hbond substituents is 4. The molecule has 0 aliphatic carbocycles. The molecular weight excluding hydrogens is 1460 g/mol. The molecule has 0 bridgehead atoms. The Morgan fingerprint density at radius 1 is 0.241 bits per heavy atom. The molecule has 0 radical (unpaired) electrons. The number of alkyl halides is 12. The van der Waals surface area contributed by atoms with Crippen LogP contribution in [0.4, 0.5) is 52.7 Å². The zero-order chi connectivity index (χ0) is 83.2. The van der Waals surface area contributed by atoms with E-state index in [9.17, 15) is 73.1 Å². The first-order chi connectivity index (χ1) is 52.4. The molecule has 0 saturated carbocycles. The van der Waals surface area contributed by atoms with Crippen molar-refractivity contribution in [3.63, 3.8) is 0 Å². The normalized spacial score (nSPS) is 11.9. The third-order valence-electron chi connectivity index (χ3n) is 21.6. The highest BCUT2D eigenvalue weighted by Crippen LogP contribution is 2.50. The van der Waals surface area contributed by atoms with Crippen molar-refractivity contribution in [2.45, 2.75) is 161 Å². The SMILES string of the molecule is CCc1cc2c(C)c(O)c(OC)cc2c(C)c1-c1ccc(C)c(C(F)(F)F)c1.CCc1cc2c(C)c(O)c(OC)cc2c(C)c1-c1ccc(C)c(C(F)(F)F)c1.CCc1cc2c(C)c(O)c(OC)cc2c(C)c1-c1ccc(C)c(C(F)(F)F)c1.CCc1cc2c(C)c(O)c(OC)cc2c(C)c1-c1ccc(C)c(C(F)(F)F)c1. The largest absolute Gasteiger partial charge is 0.504 e. The van der Waals surface area contributed by atoms with Gasteiger partial charge in [0.15, 0.2) is 46.0 Å². The molecular formula is C92H92F12O8. The third kappa shape index (κ3) is 16.5. The number of rotatable bonds is 12. The van der Waals surface area contributed by atoms with Gasteiger partial charge >= 0.3 is 24.7 Å². The van der Waals surface area contributed by atoms with Gasteiger partial charge in [-0.05, 0) is 312 Å². The standard InChI is InChI=1S/4C23H23F3O2/c4*1-6-15-9-17-14(4)22(27)20(28-5)11-18(17)13(3)21(15)16-8-7-12(2)19(10-16)23(24,25)26/h4*7-11,27H,6H2,1-5H3. The van der Waals surface area contributed by atoms with Gasteiger partial charge in [0.2, 0.25) is 0 Å². The minimum Gasteiger partial charge on any atom is -0.504 e. The van der Waals surface area contributed by atoms with E-state index in [0.717, 1.165) is 110 Å². The van der Waals surface area contributed by atoms with Crippen LogP contribution in [0.1, 0.15) is 139 Å². The Hall–Kier alpha value is -10.8. The van der Waals surface area contributed by atoms with Crippen LogP contribution in [0.25, 0.3) is 87.6 Å². The Morgan fingerprint density at radius 3 is 0.545 bits per heavy atom. The van der Waals surface area contributed by atoms with Gasteiger partial charge in [-0.25, -0.2) is 0 Å². The molecule has 0 unspecified atom stereocenters. The summed E-state index contributed by atoms with van der Waals surface area (Å²) in [6.45, 7) is 28.6. The second-order valence-corrected chi connectivity index (χ2v) is 28.3. The monoisotopic (exact) mass is 1550 g/mol. The number of hydrogen-bond donors (Lipinski definition) is 4. The van der Waals surface area contributed by atoms with Crippen LogP contribution in [0.3, 0.4) is 0 Å². The Morgan fingerprint density at radius 2 is 0.402 bits per heavy atom. The first-order valence-corrected chi connectivity index (χ1v) is 36.4. The lowest BCUT2D eigenvalue weighted by Gasteiger charge is -2.20. The summed E-state index contributed by atoms with van der Waals surface area (Å²) in [7, 11) is 5.91. The number of ether oxygens (including phenoxy) is 4. The molecule has 12 aromatic carbocycles. The Bertz CT molecular complexity index is 4960. The highest BCUT2D eigenvalue weighted by molar-refractivity contribution is 6.02. The van der Waals surface area contributed by atoms with Gasteiger partial charge < -0.3 is 39.4 Å². The van der Waals surface area contributed by atoms with Crippen molar-refractivity contribution in [3.05, 3.63) is 233 Å². The molecule has 592 valence electrons. The average Bonchev–Trinajstić information content (AvgIpc) is 0.764. The molecule has 0 aliphatic rings. The lowest BCUT2D eigenvalue weighted by molar-refractivity contribution is -0.138. The molecule has 0 saturated heterocycles. The number of fused-ring (bicyclic) bond motifs is 4. The number of aromatic hydroxyl groups is 4. The second kappa shape index (κ2) is 32.9. The van der Waals surface area contributed by atoms with Crippen molar-refractivity contribution in [2.24, 2.45) is 0 Å². The molecule has 0 fully saturated rings. The fraction of sp³-hybridized carbons (Fsp3) is 0.304. The minimum absolute atomic E-state index is 0.0823. The number of hydrogen-bond acceptors (Lipinski definition) is 8. The summed E-state index contributed by atoms with van der Waals surface area (Å²) in [6.07, 6.45) is -15.0. The Labute approximate surface area is 644 Å². The fourth-order valence-electron chi connectivity index (χ4n) is 15.3. The first-order valence-electron chi connectivity index (χ1n) is 36.4. The third-order valence-corrected chi connectivity index (χ3v) is 21.6. The van der Waals surface area contributed by atoms with Gasteiger partial charge in [-0.15, -0.1) is 0 Å². The summed E-state index contributed by atoms with van der Waals surface area (Å²) in [5, 5.41) is 48.3. The van der Waals surface area contributed by atoms with E-state index in [1.165, 1.54) is 105 Å². The summed E-state index contributed by atoms with van der Waals surface area (Å²) in [5.74, 6) is 1.73. The van der Waals surface area contributed by atoms with Crippen molar-refractivity contribution >= 4 is 43.1 Å². The van der Waals surface area contributed by atoms with Gasteiger partial charge in [-0.3, -0.25) is 0 Å². The molecule has 0 atom stereocenters. The summed E-state index contributed by atoms with van der Waals surface area (Å²) in [5.41, 5.74) is 13.7. The van der Waals surface area contributed by atoms with E-state index in [1.807, 2.05) is 107 Å². The van der Waals surface area contributed by atoms with Crippen LogP contribution in [-0.4, -0.2) is 48.9 Å². The molecule has 0 aliphatic heterocycles. The highest BCUT2D eigenvalue weighted by atomic mass is 19.4. The smallest absolute Gasteiger partial charge is 0.416 e. The Balaban J connectivity index is 0.000000171. The number of halogens is 12. The Kier molecular flexibility index (Phi) is 25.0. The molecule has 0 amide bonds. The summed E-state index contributed by atoms with van der Waals surface area (Å²) in [4.78, 5) is 0. The molecule has 12 aromatic rings. The van der Waals surface area contributed by atoms with Crippen LogP contribution in [0.2, 0.25) is 0 Å². The van der Waals surface area contributed by atoms with Crippen molar-refractivity contribution in [2.75, 3.05) is 28.4 Å². The summed E-state index contributed by atoms with van der Waals surface area (Å²) in [6, 6.07) is 32.8. The zero-order valence-electron chi connectivity index (χ0n) is 66.3. The lowest BCUT2D eigenvalue weighted by Crippen LogP contribution is -2.08. The number of methoxy groups -OCH3 is 4. The average molecular weight is 1550 g/mol. The zero-order valence-corrected chi connectivity index (χ0v) is 66.3. The maximum Gasteiger partial charge on any atom is 0.416 e. The molecule has 4 N–H and O–H groups in total. The maximum absolute atomic E-state index is 13.4. The van der Waals surface area contributed by atoms with Crippen molar-refractivity contribution in [1.82, 2.24) is 0 Å². The predicted octanol–water partition coefficient (Wildman–Crippen LogP) is 26.9. The molecule has 12 rings (SSSR count). The van der Waals surface area contributed by atoms with Crippen LogP contribution in [0.5, 0.6) is 46.0 Å². The highest BCUT2D eigenvalue weighted by Gasteiger charge is 2.37. The van der Waals surface area contributed by atoms with Gasteiger partial charge in [0.05, 0.1) is 50.7 Å².